The maximum Gasteiger partial charge on any atom is 0.310 e. The van der Waals surface area contributed by atoms with Crippen molar-refractivity contribution in [1.29, 1.82) is 0 Å². The summed E-state index contributed by atoms with van der Waals surface area (Å²) in [5.41, 5.74) is 0. The molecule has 3 aliphatic rings. The quantitative estimate of drug-likeness (QED) is 0.463. The molecule has 0 aromatic rings. The molecule has 5 atom stereocenters. The highest BCUT2D eigenvalue weighted by Crippen LogP contribution is 2.45. The molecule has 3 rings (SSSR count). The average molecular weight is 421 g/mol. The minimum atomic E-state index is -0.688. The predicted molar refractivity (Wildman–Crippen MR) is 112 cm³/mol. The number of fused-ring (bicyclic) bond motifs is 1. The van der Waals surface area contributed by atoms with E-state index in [1.807, 2.05) is 12.2 Å². The van der Waals surface area contributed by atoms with Gasteiger partial charge in [-0.3, -0.25) is 14.4 Å². The molecule has 0 aromatic heterocycles. The number of carbonyl (C=O) groups is 3. The lowest BCUT2D eigenvalue weighted by Crippen LogP contribution is -2.51. The lowest BCUT2D eigenvalue weighted by molar-refractivity contribution is -0.155. The molecule has 2 fully saturated rings. The molecule has 7 nitrogen and oxygen atoms in total. The first kappa shape index (κ1) is 22.8. The Labute approximate surface area is 179 Å². The highest BCUT2D eigenvalue weighted by Gasteiger charge is 2.57. The van der Waals surface area contributed by atoms with Gasteiger partial charge < -0.3 is 20.1 Å². The number of nitrogens with one attached hydrogen (secondary N) is 1. The van der Waals surface area contributed by atoms with E-state index < -0.39 is 17.9 Å². The summed E-state index contributed by atoms with van der Waals surface area (Å²) in [6.45, 7) is 3.95. The summed E-state index contributed by atoms with van der Waals surface area (Å²) in [6, 6.07) is -0.551. The zero-order valence-electron chi connectivity index (χ0n) is 18.2. The normalized spacial score (nSPS) is 31.5. The molecule has 2 amide bonds. The van der Waals surface area contributed by atoms with Crippen molar-refractivity contribution >= 4 is 17.8 Å². The first-order chi connectivity index (χ1) is 14.5. The summed E-state index contributed by atoms with van der Waals surface area (Å²) in [5.74, 6) is -2.40. The number of esters is 1. The van der Waals surface area contributed by atoms with E-state index in [2.05, 4.69) is 12.2 Å². The van der Waals surface area contributed by atoms with Gasteiger partial charge in [-0.25, -0.2) is 0 Å². The molecule has 1 saturated carbocycles. The lowest BCUT2D eigenvalue weighted by Gasteiger charge is -2.34. The van der Waals surface area contributed by atoms with E-state index in [-0.39, 0.29) is 55.4 Å². The topological polar surface area (TPSA) is 95.9 Å². The molecule has 0 unspecified atom stereocenters. The minimum absolute atomic E-state index is 0.0737. The number of β-amino-alcohol motifs (C(OH)–C–C–N with tert-alkyl or cyclic N) is 1. The summed E-state index contributed by atoms with van der Waals surface area (Å²) >= 11 is 0. The molecule has 0 bridgehead atoms. The molecule has 0 radical (unpaired) electrons. The van der Waals surface area contributed by atoms with Crippen LogP contribution in [0.2, 0.25) is 0 Å². The Morgan fingerprint density at radius 2 is 1.93 bits per heavy atom. The van der Waals surface area contributed by atoms with Gasteiger partial charge in [-0.2, -0.15) is 0 Å². The maximum atomic E-state index is 13.4. The van der Waals surface area contributed by atoms with E-state index in [0.29, 0.717) is 0 Å². The number of aliphatic hydroxyl groups excluding tert-OH is 1. The van der Waals surface area contributed by atoms with E-state index in [1.165, 1.54) is 11.3 Å². The van der Waals surface area contributed by atoms with Crippen LogP contribution in [0.5, 0.6) is 0 Å². The van der Waals surface area contributed by atoms with E-state index in [0.717, 1.165) is 38.5 Å². The molecule has 0 aromatic carbocycles. The third-order valence-electron chi connectivity index (χ3n) is 6.85. The number of likely N-dealkylation sites (tertiary alicyclic amines) is 1. The van der Waals surface area contributed by atoms with Gasteiger partial charge in [0, 0.05) is 18.5 Å². The molecule has 1 heterocycles. The van der Waals surface area contributed by atoms with Gasteiger partial charge in [0.15, 0.2) is 0 Å². The Kier molecular flexibility index (Phi) is 7.92. The standard InChI is InChI=1S/C23H36N2O5/c1-3-8-15-11-12-17-19(18(15)23(29)30-4-2)22(28)25(13-14-26)20(17)21(27)24-16-9-6-5-7-10-16/h11-12,15-20,26H,3-10,13-14H2,1-2H3,(H,24,27)/t15-,17+,18-,19-,20+/m1/s1. The Morgan fingerprint density at radius 3 is 2.57 bits per heavy atom. The Balaban J connectivity index is 1.89. The predicted octanol–water partition coefficient (Wildman–Crippen LogP) is 2.04. The molecule has 7 heteroatoms. The minimum Gasteiger partial charge on any atom is -0.466 e. The van der Waals surface area contributed by atoms with E-state index >= 15 is 0 Å². The molecule has 30 heavy (non-hydrogen) atoms. The molecule has 2 N–H and O–H groups in total. The van der Waals surface area contributed by atoms with Crippen molar-refractivity contribution in [3.05, 3.63) is 12.2 Å². The van der Waals surface area contributed by atoms with Gasteiger partial charge in [-0.1, -0.05) is 44.8 Å². The number of carbonyl (C=O) groups excluding carboxylic acids is 3. The second-order valence-corrected chi connectivity index (χ2v) is 8.76. The van der Waals surface area contributed by atoms with Crippen LogP contribution in [-0.2, 0) is 19.1 Å². The summed E-state index contributed by atoms with van der Waals surface area (Å²) in [5, 5.41) is 12.7. The van der Waals surface area contributed by atoms with Crippen molar-refractivity contribution in [3.63, 3.8) is 0 Å². The van der Waals surface area contributed by atoms with Gasteiger partial charge in [0.05, 0.1) is 25.0 Å². The Morgan fingerprint density at radius 1 is 1.20 bits per heavy atom. The number of hydrogen-bond acceptors (Lipinski definition) is 5. The summed E-state index contributed by atoms with van der Waals surface area (Å²) in [4.78, 5) is 41.0. The fourth-order valence-electron chi connectivity index (χ4n) is 5.55. The van der Waals surface area contributed by atoms with Crippen LogP contribution in [0.1, 0.15) is 58.8 Å². The first-order valence-electron chi connectivity index (χ1n) is 11.6. The van der Waals surface area contributed by atoms with Crippen LogP contribution in [0.3, 0.4) is 0 Å². The highest BCUT2D eigenvalue weighted by molar-refractivity contribution is 5.96. The summed E-state index contributed by atoms with van der Waals surface area (Å²) in [6.07, 6.45) is 11.0. The smallest absolute Gasteiger partial charge is 0.310 e. The molecule has 168 valence electrons. The number of allylic oxidation sites excluding steroid dienone is 1. The van der Waals surface area contributed by atoms with E-state index in [9.17, 15) is 19.5 Å². The zero-order chi connectivity index (χ0) is 21.7. The molecule has 0 spiro atoms. The van der Waals surface area contributed by atoms with Crippen LogP contribution < -0.4 is 5.32 Å². The van der Waals surface area contributed by atoms with Gasteiger partial charge in [-0.15, -0.1) is 0 Å². The number of amides is 2. The van der Waals surface area contributed by atoms with Crippen LogP contribution >= 0.6 is 0 Å². The van der Waals surface area contributed by atoms with Crippen LogP contribution in [0.15, 0.2) is 12.2 Å². The SMILES string of the molecule is CCC[C@@H]1C=C[C@H]2[C@@H](C(=O)N(CCO)[C@@H]2C(=O)NC2CCCCC2)[C@@H]1C(=O)OCC. The number of ether oxygens (including phenoxy) is 1. The molecule has 2 aliphatic carbocycles. The van der Waals surface area contributed by atoms with Crippen LogP contribution in [-0.4, -0.2) is 59.6 Å². The van der Waals surface area contributed by atoms with E-state index in [4.69, 9.17) is 4.74 Å². The van der Waals surface area contributed by atoms with Crippen molar-refractivity contribution in [2.45, 2.75) is 70.9 Å². The van der Waals surface area contributed by atoms with Gasteiger partial charge in [0.1, 0.15) is 6.04 Å². The van der Waals surface area contributed by atoms with Crippen molar-refractivity contribution in [2.24, 2.45) is 23.7 Å². The number of rotatable bonds is 8. The third-order valence-corrected chi connectivity index (χ3v) is 6.85. The molecule has 1 saturated heterocycles. The Bertz CT molecular complexity index is 658. The molecular formula is C23H36N2O5. The van der Waals surface area contributed by atoms with Gasteiger partial charge in [0.2, 0.25) is 11.8 Å². The molecular weight excluding hydrogens is 384 g/mol. The van der Waals surface area contributed by atoms with Crippen LogP contribution in [0.4, 0.5) is 0 Å². The fourth-order valence-corrected chi connectivity index (χ4v) is 5.55. The van der Waals surface area contributed by atoms with Crippen molar-refractivity contribution in [3.8, 4) is 0 Å². The highest BCUT2D eigenvalue weighted by atomic mass is 16.5. The van der Waals surface area contributed by atoms with Crippen molar-refractivity contribution in [1.82, 2.24) is 10.2 Å². The summed E-state index contributed by atoms with van der Waals surface area (Å²) < 4.78 is 5.33. The Hall–Kier alpha value is -1.89. The largest absolute Gasteiger partial charge is 0.466 e. The average Bonchev–Trinajstić information content (AvgIpc) is 3.01. The number of hydrogen-bond donors (Lipinski definition) is 2. The monoisotopic (exact) mass is 420 g/mol. The lowest BCUT2D eigenvalue weighted by atomic mass is 9.68. The van der Waals surface area contributed by atoms with Gasteiger partial charge in [-0.05, 0) is 32.1 Å². The third kappa shape index (κ3) is 4.56. The van der Waals surface area contributed by atoms with Crippen molar-refractivity contribution in [2.75, 3.05) is 19.8 Å². The number of aliphatic hydroxyl groups is 1. The second-order valence-electron chi connectivity index (χ2n) is 8.76. The van der Waals surface area contributed by atoms with Crippen molar-refractivity contribution < 1.29 is 24.2 Å². The van der Waals surface area contributed by atoms with Gasteiger partial charge in [0.25, 0.3) is 0 Å². The fraction of sp³-hybridized carbons (Fsp3) is 0.783. The van der Waals surface area contributed by atoms with Crippen LogP contribution in [0.25, 0.3) is 0 Å². The maximum absolute atomic E-state index is 13.4. The second kappa shape index (κ2) is 10.4. The van der Waals surface area contributed by atoms with Crippen LogP contribution in [0, 0.1) is 23.7 Å². The number of nitrogens with zero attached hydrogens (tertiary/aromatic N) is 1. The first-order valence-corrected chi connectivity index (χ1v) is 11.6. The molecule has 1 aliphatic heterocycles. The summed E-state index contributed by atoms with van der Waals surface area (Å²) in [7, 11) is 0. The zero-order valence-corrected chi connectivity index (χ0v) is 18.2. The van der Waals surface area contributed by atoms with Gasteiger partial charge >= 0.3 is 5.97 Å². The van der Waals surface area contributed by atoms with E-state index in [1.54, 1.807) is 6.92 Å².